The van der Waals surface area contributed by atoms with E-state index in [1.807, 2.05) is 28.7 Å². The fourth-order valence-corrected chi connectivity index (χ4v) is 3.69. The number of hydrogen-bond donors (Lipinski definition) is 4. The van der Waals surface area contributed by atoms with Gasteiger partial charge in [0, 0.05) is 23.0 Å². The lowest BCUT2D eigenvalue weighted by molar-refractivity contribution is -0.270. The van der Waals surface area contributed by atoms with Crippen LogP contribution >= 0.6 is 0 Å². The van der Waals surface area contributed by atoms with Gasteiger partial charge in [0.15, 0.2) is 5.78 Å². The maximum atomic E-state index is 12.5. The van der Waals surface area contributed by atoms with Crippen molar-refractivity contribution in [2.75, 3.05) is 5.32 Å². The first-order valence-corrected chi connectivity index (χ1v) is 9.44. The van der Waals surface area contributed by atoms with Crippen LogP contribution in [-0.4, -0.2) is 20.2 Å². The van der Waals surface area contributed by atoms with Gasteiger partial charge >= 0.3 is 16.0 Å². The third kappa shape index (κ3) is 3.75. The van der Waals surface area contributed by atoms with Crippen LogP contribution in [0.4, 0.5) is 5.69 Å². The molecule has 0 heterocycles. The molecule has 0 aromatic heterocycles. The van der Waals surface area contributed by atoms with Gasteiger partial charge < -0.3 is 5.32 Å². The molecule has 0 atom stereocenters. The minimum atomic E-state index is -3.79. The number of allylic oxidation sites excluding steroid dienone is 1. The van der Waals surface area contributed by atoms with Crippen molar-refractivity contribution in [3.63, 3.8) is 0 Å². The highest BCUT2D eigenvalue weighted by Gasteiger charge is 2.21. The van der Waals surface area contributed by atoms with Crippen LogP contribution in [0.3, 0.4) is 0 Å². The number of ketones is 1. The first-order valence-electron chi connectivity index (χ1n) is 7.96. The highest BCUT2D eigenvalue weighted by atomic mass is 32.2. The predicted molar refractivity (Wildman–Crippen MR) is 98.8 cm³/mol. The zero-order valence-corrected chi connectivity index (χ0v) is 14.7. The number of aryl methyl sites for hydroxylation is 1. The normalized spacial score (nSPS) is 15.4. The maximum absolute atomic E-state index is 12.5. The molecule has 0 radical (unpaired) electrons. The number of nitrogens with two attached hydrogens (primary N) is 2. The van der Waals surface area contributed by atoms with Crippen molar-refractivity contribution in [1.29, 1.82) is 0 Å². The number of benzene rings is 2. The number of fused-ring (bicyclic) bond motifs is 1. The molecule has 7 nitrogen and oxygen atoms in total. The Morgan fingerprint density at radius 3 is 2.42 bits per heavy atom. The molecule has 26 heavy (non-hydrogen) atoms. The van der Waals surface area contributed by atoms with Crippen molar-refractivity contribution in [3.8, 4) is 0 Å². The van der Waals surface area contributed by atoms with E-state index in [0.717, 1.165) is 17.5 Å². The molecule has 0 saturated carbocycles. The van der Waals surface area contributed by atoms with E-state index >= 15 is 0 Å². The molecule has 3 rings (SSSR count). The summed E-state index contributed by atoms with van der Waals surface area (Å²) in [5.41, 5.74) is 13.5. The van der Waals surface area contributed by atoms with Crippen molar-refractivity contribution < 1.29 is 17.6 Å². The van der Waals surface area contributed by atoms with Crippen molar-refractivity contribution in [2.24, 2.45) is 11.5 Å². The van der Waals surface area contributed by atoms with Gasteiger partial charge in [0.05, 0.1) is 0 Å². The van der Waals surface area contributed by atoms with Crippen LogP contribution in [0.15, 0.2) is 65.2 Å². The second-order valence-corrected chi connectivity index (χ2v) is 7.57. The summed E-state index contributed by atoms with van der Waals surface area (Å²) in [6, 6.07) is 13.6. The topological polar surface area (TPSA) is 129 Å². The van der Waals surface area contributed by atoms with Crippen LogP contribution in [-0.2, 0) is 16.4 Å². The smallest absolute Gasteiger partial charge is 0.353 e. The molecule has 0 saturated heterocycles. The van der Waals surface area contributed by atoms with Gasteiger partial charge in [-0.2, -0.15) is 12.8 Å². The van der Waals surface area contributed by atoms with Crippen molar-refractivity contribution in [1.82, 2.24) is 0 Å². The van der Waals surface area contributed by atoms with Gasteiger partial charge in [-0.3, -0.25) is 16.3 Å². The van der Waals surface area contributed by atoms with Gasteiger partial charge in [0.25, 0.3) is 0 Å². The second kappa shape index (κ2) is 7.01. The van der Waals surface area contributed by atoms with Gasteiger partial charge in [-0.05, 0) is 42.7 Å². The Kier molecular flexibility index (Phi) is 4.77. The average Bonchev–Trinajstić information content (AvgIpc) is 2.61. The summed E-state index contributed by atoms with van der Waals surface area (Å²) in [5.74, 6) is -0.385. The molecule has 134 valence electrons. The number of rotatable bonds is 4. The number of carbonyl (C=O) groups excluding carboxylic acids is 1. The number of anilines is 1. The quantitative estimate of drug-likeness (QED) is 0.336. The molecule has 0 spiro atoms. The molecule has 0 fully saturated rings. The zero-order chi connectivity index (χ0) is 18.7. The number of sulfonamides is 1. The lowest BCUT2D eigenvalue weighted by Gasteiger charge is -2.17. The van der Waals surface area contributed by atoms with Gasteiger partial charge in [-0.15, -0.1) is 0 Å². The van der Waals surface area contributed by atoms with Crippen molar-refractivity contribution in [3.05, 3.63) is 71.4 Å². The summed E-state index contributed by atoms with van der Waals surface area (Å²) in [6.45, 7) is 0. The summed E-state index contributed by atoms with van der Waals surface area (Å²) in [4.78, 5) is 12.5. The summed E-state index contributed by atoms with van der Waals surface area (Å²) in [5, 5.41) is 3.04. The van der Waals surface area contributed by atoms with Crippen molar-refractivity contribution in [2.45, 2.75) is 17.7 Å². The summed E-state index contributed by atoms with van der Waals surface area (Å²) >= 11 is 0. The third-order valence-electron chi connectivity index (χ3n) is 4.05. The van der Waals surface area contributed by atoms with Crippen LogP contribution in [0.25, 0.3) is 0 Å². The molecule has 1 aliphatic rings. The van der Waals surface area contributed by atoms with E-state index in [1.54, 1.807) is 18.3 Å². The molecule has 0 bridgehead atoms. The lowest BCUT2D eigenvalue weighted by Crippen LogP contribution is -2.80. The number of guanidine groups is 1. The first kappa shape index (κ1) is 17.7. The van der Waals surface area contributed by atoms with Crippen LogP contribution in [0.5, 0.6) is 0 Å². The number of hydrogen-bond acceptors (Lipinski definition) is 4. The largest absolute Gasteiger partial charge is 0.361 e. The fourth-order valence-electron chi connectivity index (χ4n) is 2.77. The van der Waals surface area contributed by atoms with E-state index < -0.39 is 16.0 Å². The van der Waals surface area contributed by atoms with Crippen molar-refractivity contribution >= 4 is 27.5 Å². The molecule has 0 aliphatic heterocycles. The Balaban J connectivity index is 1.76. The number of Topliss-reactive ketones (excluding diaryl/α,β-unsaturated/α-hetero) is 1. The van der Waals surface area contributed by atoms with Gasteiger partial charge in [-0.25, -0.2) is 0 Å². The first-order chi connectivity index (χ1) is 12.4. The Morgan fingerprint density at radius 2 is 1.73 bits per heavy atom. The minimum absolute atomic E-state index is 0.0108. The molecule has 1 aliphatic carbocycles. The van der Waals surface area contributed by atoms with E-state index in [1.165, 1.54) is 12.1 Å². The van der Waals surface area contributed by atoms with E-state index in [4.69, 9.17) is 11.5 Å². The highest BCUT2D eigenvalue weighted by Crippen LogP contribution is 2.25. The molecular weight excluding hydrogens is 352 g/mol. The molecule has 2 aromatic carbocycles. The van der Waals surface area contributed by atoms with Crippen LogP contribution in [0.2, 0.25) is 0 Å². The molecule has 0 amide bonds. The Hall–Kier alpha value is -3.13. The number of nitrogens with one attached hydrogen (secondary N) is 2. The Bertz CT molecular complexity index is 1000. The summed E-state index contributed by atoms with van der Waals surface area (Å²) in [6.07, 6.45) is 3.14. The monoisotopic (exact) mass is 371 g/mol. The maximum Gasteiger partial charge on any atom is 0.353 e. The average molecular weight is 371 g/mol. The van der Waals surface area contributed by atoms with E-state index in [9.17, 15) is 13.2 Å². The SMILES string of the molecule is NC(N)=[NH+]S(=O)(=O)c1ccc(N/C=C2/CCc3ccccc3C2=O)cc1. The van der Waals surface area contributed by atoms with E-state index in [-0.39, 0.29) is 10.7 Å². The molecular formula is C18H19N4O3S+. The van der Waals surface area contributed by atoms with Crippen LogP contribution in [0, 0.1) is 0 Å². The standard InChI is InChI=1S/C18H18N4O3S/c19-18(20)22-26(24,25)15-9-7-14(8-10-15)21-11-13-6-5-12-3-1-2-4-16(12)17(13)23/h1-4,7-11,21H,5-6H2,(H4,19,20,22)/p+1/b13-11-. The molecule has 2 aromatic rings. The van der Waals surface area contributed by atoms with Gasteiger partial charge in [0.2, 0.25) is 0 Å². The predicted octanol–water partition coefficient (Wildman–Crippen LogP) is -0.146. The third-order valence-corrected chi connectivity index (χ3v) is 5.44. The van der Waals surface area contributed by atoms with E-state index in [2.05, 4.69) is 5.32 Å². The summed E-state index contributed by atoms with van der Waals surface area (Å²) < 4.78 is 25.9. The van der Waals surface area contributed by atoms with Crippen LogP contribution in [0.1, 0.15) is 22.3 Å². The Labute approximate surface area is 151 Å². The lowest BCUT2D eigenvalue weighted by atomic mass is 9.87. The van der Waals surface area contributed by atoms with Crippen LogP contribution < -0.4 is 21.2 Å². The zero-order valence-electron chi connectivity index (χ0n) is 13.9. The van der Waals surface area contributed by atoms with Gasteiger partial charge in [-0.1, -0.05) is 24.3 Å². The Morgan fingerprint density at radius 1 is 1.04 bits per heavy atom. The van der Waals surface area contributed by atoms with E-state index in [0.29, 0.717) is 17.7 Å². The summed E-state index contributed by atoms with van der Waals surface area (Å²) in [7, 11) is -3.79. The molecule has 6 N–H and O–H groups in total. The second-order valence-electron chi connectivity index (χ2n) is 5.89. The van der Waals surface area contributed by atoms with Gasteiger partial charge in [0.1, 0.15) is 4.90 Å². The fraction of sp³-hybridized carbons (Fsp3) is 0.111. The molecule has 0 unspecified atom stereocenters. The highest BCUT2D eigenvalue weighted by molar-refractivity contribution is 7.84. The minimum Gasteiger partial charge on any atom is -0.361 e. The molecule has 8 heteroatoms. The number of carbonyl (C=O) groups is 1.